The van der Waals surface area contributed by atoms with Crippen LogP contribution in [0.25, 0.3) is 0 Å². The first-order chi connectivity index (χ1) is 20.0. The molecule has 0 bridgehead atoms. The van der Waals surface area contributed by atoms with Crippen LogP contribution in [-0.2, 0) is 4.74 Å². The minimum Gasteiger partial charge on any atom is -0.508 e. The van der Waals surface area contributed by atoms with Crippen molar-refractivity contribution in [3.63, 3.8) is 0 Å². The molecule has 0 spiro atoms. The normalized spacial score (nSPS) is 11.6. The number of anilines is 1. The molecular weight excluding hydrogens is 610 g/mol. The van der Waals surface area contributed by atoms with Crippen molar-refractivity contribution in [2.45, 2.75) is 18.1 Å². The lowest BCUT2D eigenvalue weighted by molar-refractivity contribution is -0.275. The van der Waals surface area contributed by atoms with E-state index in [1.54, 1.807) is 0 Å². The molecule has 0 saturated heterocycles. The van der Waals surface area contributed by atoms with E-state index in [1.807, 2.05) is 0 Å². The topological polar surface area (TPSA) is 105 Å². The average Bonchev–Trinajstić information content (AvgIpc) is 2.89. The summed E-state index contributed by atoms with van der Waals surface area (Å²) in [4.78, 5) is 29.1. The highest BCUT2D eigenvalue weighted by molar-refractivity contribution is 6.58. The standard InChI is InChI=1S/C24H20B3ClF6N2O7/c1-39-19-15(20(30)31)10(28)8-14(16(19)21(37)36-9-5-6-35-11(7-9)22(38)40-2)41-13-4-3-12(42-24(32,33)34)17(29)18(13)43-23(25,26)27/h3-8,20H,25-27H2,1-2H3,(H,35,36,37). The third kappa shape index (κ3) is 8.21. The number of nitrogens with zero attached hydrogens (tertiary/aromatic N) is 1. The minimum absolute atomic E-state index is 0.0293. The van der Waals surface area contributed by atoms with E-state index in [4.69, 9.17) is 25.8 Å². The number of nitrogens with one attached hydrogen (secondary N) is 1. The van der Waals surface area contributed by atoms with Gasteiger partial charge in [-0.25, -0.2) is 18.6 Å². The van der Waals surface area contributed by atoms with E-state index in [0.717, 1.165) is 38.6 Å². The maximum atomic E-state index is 15.3. The molecule has 0 atom stereocenters. The van der Waals surface area contributed by atoms with Crippen molar-refractivity contribution in [3.05, 3.63) is 64.2 Å². The van der Waals surface area contributed by atoms with E-state index < -0.39 is 80.7 Å². The second-order valence-corrected chi connectivity index (χ2v) is 9.83. The third-order valence-corrected chi connectivity index (χ3v) is 5.49. The third-order valence-electron chi connectivity index (χ3n) is 5.17. The second kappa shape index (κ2) is 13.0. The Morgan fingerprint density at radius 3 is 2.19 bits per heavy atom. The number of amides is 1. The Balaban J connectivity index is 2.21. The van der Waals surface area contributed by atoms with E-state index >= 15 is 4.39 Å². The summed E-state index contributed by atoms with van der Waals surface area (Å²) in [5, 5.41) is 0.568. The summed E-state index contributed by atoms with van der Waals surface area (Å²) < 4.78 is 106. The van der Waals surface area contributed by atoms with Gasteiger partial charge in [-0.15, -0.1) is 13.2 Å². The van der Waals surface area contributed by atoms with Crippen molar-refractivity contribution < 1.29 is 59.6 Å². The number of halogens is 7. The molecule has 1 amide bonds. The van der Waals surface area contributed by atoms with E-state index in [9.17, 15) is 31.5 Å². The Morgan fingerprint density at radius 1 is 0.977 bits per heavy atom. The number of carbonyl (C=O) groups excluding carboxylic acids is 2. The molecule has 226 valence electrons. The zero-order valence-corrected chi connectivity index (χ0v) is 23.7. The molecule has 3 aromatic rings. The molecule has 0 saturated carbocycles. The van der Waals surface area contributed by atoms with Crippen LogP contribution in [0.3, 0.4) is 0 Å². The number of hydrogen-bond acceptors (Lipinski definition) is 8. The van der Waals surface area contributed by atoms with Gasteiger partial charge in [-0.1, -0.05) is 11.6 Å². The quantitative estimate of drug-likeness (QED) is 0.207. The molecule has 43 heavy (non-hydrogen) atoms. The lowest BCUT2D eigenvalue weighted by Gasteiger charge is -2.25. The van der Waals surface area contributed by atoms with Gasteiger partial charge in [0.05, 0.1) is 24.8 Å². The molecule has 1 N–H and O–H groups in total. The number of carbonyl (C=O) groups is 2. The predicted molar refractivity (Wildman–Crippen MR) is 149 cm³/mol. The molecule has 3 rings (SSSR count). The number of benzene rings is 2. The predicted octanol–water partition coefficient (Wildman–Crippen LogP) is 3.44. The summed E-state index contributed by atoms with van der Waals surface area (Å²) in [6.45, 7) is 0. The molecular formula is C24H20B3ClF6N2O7. The highest BCUT2D eigenvalue weighted by atomic mass is 35.5. The molecule has 0 fully saturated rings. The van der Waals surface area contributed by atoms with Crippen LogP contribution in [0.5, 0.6) is 28.7 Å². The summed E-state index contributed by atoms with van der Waals surface area (Å²) in [5.41, 5.74) is -1.79. The molecule has 0 aliphatic rings. The van der Waals surface area contributed by atoms with Gasteiger partial charge in [0.2, 0.25) is 5.82 Å². The van der Waals surface area contributed by atoms with Gasteiger partial charge in [0, 0.05) is 23.2 Å². The van der Waals surface area contributed by atoms with Crippen LogP contribution in [0.4, 0.5) is 32.0 Å². The van der Waals surface area contributed by atoms with Gasteiger partial charge in [-0.2, -0.15) is 4.39 Å². The summed E-state index contributed by atoms with van der Waals surface area (Å²) in [6.07, 6.45) is -7.34. The largest absolute Gasteiger partial charge is 0.573 e. The average molecular weight is 630 g/mol. The van der Waals surface area contributed by atoms with Crippen LogP contribution < -0.4 is 24.3 Å². The first-order valence-corrected chi connectivity index (χ1v) is 12.3. The Bertz CT molecular complexity index is 1540. The Hall–Kier alpha value is -4.21. The van der Waals surface area contributed by atoms with Crippen LogP contribution in [0.15, 0.2) is 36.5 Å². The van der Waals surface area contributed by atoms with Gasteiger partial charge >= 0.3 is 12.3 Å². The fourth-order valence-corrected chi connectivity index (χ4v) is 3.84. The van der Waals surface area contributed by atoms with Crippen molar-refractivity contribution in [2.75, 3.05) is 19.5 Å². The number of alkyl halides is 5. The molecule has 0 unspecified atom stereocenters. The molecule has 2 aromatic carbocycles. The monoisotopic (exact) mass is 630 g/mol. The summed E-state index contributed by atoms with van der Waals surface area (Å²) >= 11 is 6.08. The van der Waals surface area contributed by atoms with Gasteiger partial charge < -0.3 is 29.0 Å². The molecule has 0 radical (unpaired) electrons. The van der Waals surface area contributed by atoms with E-state index in [-0.39, 0.29) is 11.4 Å². The number of rotatable bonds is 10. The lowest BCUT2D eigenvalue weighted by Crippen LogP contribution is -2.38. The van der Waals surface area contributed by atoms with Gasteiger partial charge in [-0.05, 0) is 24.3 Å². The van der Waals surface area contributed by atoms with Crippen molar-refractivity contribution in [3.8, 4) is 28.7 Å². The van der Waals surface area contributed by atoms with Crippen LogP contribution in [-0.4, -0.2) is 66.3 Å². The summed E-state index contributed by atoms with van der Waals surface area (Å²) in [6, 6.07) is 4.65. The molecule has 9 nitrogen and oxygen atoms in total. The van der Waals surface area contributed by atoms with Gasteiger partial charge in [0.1, 0.15) is 46.3 Å². The molecule has 0 aliphatic carbocycles. The fraction of sp³-hybridized carbons (Fsp3) is 0.208. The maximum absolute atomic E-state index is 15.3. The number of methoxy groups -OCH3 is 2. The van der Waals surface area contributed by atoms with Crippen molar-refractivity contribution in [1.82, 2.24) is 4.98 Å². The highest BCUT2D eigenvalue weighted by Crippen LogP contribution is 2.47. The van der Waals surface area contributed by atoms with Crippen molar-refractivity contribution >= 4 is 52.7 Å². The molecule has 0 aliphatic heterocycles. The Morgan fingerprint density at radius 2 is 1.63 bits per heavy atom. The first kappa shape index (κ1) is 33.3. The van der Waals surface area contributed by atoms with Gasteiger partial charge in [0.25, 0.3) is 12.3 Å². The number of hydrogen-bond donors (Lipinski definition) is 1. The number of esters is 1. The van der Waals surface area contributed by atoms with Crippen LogP contribution in [0.1, 0.15) is 32.8 Å². The van der Waals surface area contributed by atoms with Gasteiger partial charge in [0.15, 0.2) is 17.2 Å². The van der Waals surface area contributed by atoms with Crippen LogP contribution in [0.2, 0.25) is 5.02 Å². The Labute approximate surface area is 248 Å². The Kier molecular flexibility index (Phi) is 10.0. The van der Waals surface area contributed by atoms with Crippen LogP contribution >= 0.6 is 11.6 Å². The SMILES string of the molecule is BC(B)(B)Oc1c(Oc2cc(Cl)c(C(F)F)c(OC)c2C(=O)Nc2ccnc(C(=O)OC)c2)ccc(OC(F)(F)F)c1F. The second-order valence-electron chi connectivity index (χ2n) is 9.42. The van der Waals surface area contributed by atoms with Crippen LogP contribution in [0, 0.1) is 5.82 Å². The molecule has 19 heteroatoms. The smallest absolute Gasteiger partial charge is 0.508 e. The van der Waals surface area contributed by atoms with Crippen molar-refractivity contribution in [1.29, 1.82) is 0 Å². The van der Waals surface area contributed by atoms with E-state index in [2.05, 4.69) is 19.8 Å². The lowest BCUT2D eigenvalue weighted by atomic mass is 9.52. The van der Waals surface area contributed by atoms with E-state index in [0.29, 0.717) is 6.07 Å². The fourth-order valence-electron chi connectivity index (χ4n) is 3.57. The first-order valence-electron chi connectivity index (χ1n) is 11.9. The molecule has 1 aromatic heterocycles. The van der Waals surface area contributed by atoms with Crippen molar-refractivity contribution in [2.24, 2.45) is 0 Å². The summed E-state index contributed by atoms with van der Waals surface area (Å²) in [7, 11) is 6.45. The highest BCUT2D eigenvalue weighted by Gasteiger charge is 2.35. The number of pyridine rings is 1. The van der Waals surface area contributed by atoms with Gasteiger partial charge in [-0.3, -0.25) is 4.79 Å². The molecule has 1 heterocycles. The maximum Gasteiger partial charge on any atom is 0.573 e. The summed E-state index contributed by atoms with van der Waals surface area (Å²) in [5.74, 6) is -7.55. The minimum atomic E-state index is -5.25. The zero-order valence-electron chi connectivity index (χ0n) is 23.0. The van der Waals surface area contributed by atoms with E-state index in [1.165, 1.54) is 29.6 Å². The number of ether oxygens (including phenoxy) is 5. The zero-order chi connectivity index (χ0) is 32.3. The number of aromatic nitrogens is 1.